The SMILES string of the molecule is COc1ccccc1-c1ccc(C(=O)N2Cc3ccc(CC(=O)N(C)C[C@@H](O)CO)n3Cc3ccccc32)cc1C. The molecule has 212 valence electrons. The molecule has 41 heavy (non-hydrogen) atoms. The van der Waals surface area contributed by atoms with E-state index in [1.807, 2.05) is 85.8 Å². The first-order chi connectivity index (χ1) is 19.8. The summed E-state index contributed by atoms with van der Waals surface area (Å²) in [5.41, 5.74) is 7.13. The van der Waals surface area contributed by atoms with Gasteiger partial charge in [-0.15, -0.1) is 0 Å². The molecule has 4 aromatic rings. The summed E-state index contributed by atoms with van der Waals surface area (Å²) in [6.45, 7) is 2.54. The standard InChI is InChI=1S/C33H35N3O5/c1-22-16-23(12-15-28(22)29-9-5-7-11-31(29)41-3)33(40)36-19-26-14-13-25(17-32(39)34(2)20-27(38)21-37)35(26)18-24-8-4-6-10-30(24)36/h4-16,27,37-38H,17-21H2,1-3H3/t27-/m1/s1. The van der Waals surface area contributed by atoms with Crippen LogP contribution in [0.4, 0.5) is 5.69 Å². The summed E-state index contributed by atoms with van der Waals surface area (Å²) in [6.07, 6.45) is -0.832. The number of carbonyl (C=O) groups excluding carboxylic acids is 2. The lowest BCUT2D eigenvalue weighted by Gasteiger charge is -2.23. The van der Waals surface area contributed by atoms with Crippen LogP contribution in [0.5, 0.6) is 5.75 Å². The molecule has 1 aromatic heterocycles. The van der Waals surface area contributed by atoms with Crippen LogP contribution in [0.25, 0.3) is 11.1 Å². The number of methoxy groups -OCH3 is 1. The van der Waals surface area contributed by atoms with Crippen molar-refractivity contribution >= 4 is 17.5 Å². The molecule has 0 aliphatic carbocycles. The Morgan fingerprint density at radius 2 is 1.73 bits per heavy atom. The largest absolute Gasteiger partial charge is 0.496 e. The van der Waals surface area contributed by atoms with Crippen LogP contribution >= 0.6 is 0 Å². The highest BCUT2D eigenvalue weighted by atomic mass is 16.5. The van der Waals surface area contributed by atoms with Crippen molar-refractivity contribution in [2.24, 2.45) is 0 Å². The van der Waals surface area contributed by atoms with Crippen molar-refractivity contribution < 1.29 is 24.5 Å². The minimum absolute atomic E-state index is 0.0588. The Hall–Kier alpha value is -4.40. The van der Waals surface area contributed by atoms with Gasteiger partial charge in [-0.2, -0.15) is 0 Å². The van der Waals surface area contributed by atoms with E-state index in [0.717, 1.165) is 45.1 Å². The molecule has 3 aromatic carbocycles. The molecule has 0 unspecified atom stereocenters. The fraction of sp³-hybridized carbons (Fsp3) is 0.273. The number of hydrogen-bond acceptors (Lipinski definition) is 5. The number of amides is 2. The number of rotatable bonds is 8. The van der Waals surface area contributed by atoms with Gasteiger partial charge >= 0.3 is 0 Å². The molecule has 0 radical (unpaired) electrons. The number of aliphatic hydroxyl groups excluding tert-OH is 2. The van der Waals surface area contributed by atoms with Crippen LogP contribution in [0.15, 0.2) is 78.9 Å². The summed E-state index contributed by atoms with van der Waals surface area (Å²) >= 11 is 0. The maximum atomic E-state index is 14.0. The highest BCUT2D eigenvalue weighted by molar-refractivity contribution is 6.07. The van der Waals surface area contributed by atoms with Crippen LogP contribution in [0.1, 0.15) is 32.9 Å². The van der Waals surface area contributed by atoms with Crippen LogP contribution in [0.3, 0.4) is 0 Å². The number of nitrogens with zero attached hydrogens (tertiary/aromatic N) is 3. The zero-order chi connectivity index (χ0) is 29.1. The molecule has 0 spiro atoms. The van der Waals surface area contributed by atoms with Gasteiger partial charge in [-0.3, -0.25) is 9.59 Å². The van der Waals surface area contributed by atoms with Crippen molar-refractivity contribution in [1.82, 2.24) is 9.47 Å². The van der Waals surface area contributed by atoms with E-state index in [2.05, 4.69) is 4.57 Å². The van der Waals surface area contributed by atoms with E-state index in [1.54, 1.807) is 19.1 Å². The fourth-order valence-electron chi connectivity index (χ4n) is 5.45. The first-order valence-electron chi connectivity index (χ1n) is 13.6. The normalized spacial score (nSPS) is 13.1. The Bertz CT molecular complexity index is 1580. The lowest BCUT2D eigenvalue weighted by molar-refractivity contribution is -0.130. The summed E-state index contributed by atoms with van der Waals surface area (Å²) in [5, 5.41) is 18.9. The molecule has 8 heteroatoms. The molecule has 8 nitrogen and oxygen atoms in total. The van der Waals surface area contributed by atoms with Crippen molar-refractivity contribution in [3.05, 3.63) is 107 Å². The summed E-state index contributed by atoms with van der Waals surface area (Å²) in [5.74, 6) is 0.522. The van der Waals surface area contributed by atoms with Gasteiger partial charge in [0.05, 0.1) is 32.8 Å². The molecule has 0 fully saturated rings. The molecule has 2 amide bonds. The number of hydrogen-bond donors (Lipinski definition) is 2. The number of fused-ring (bicyclic) bond motifs is 2. The second-order valence-corrected chi connectivity index (χ2v) is 10.4. The van der Waals surface area contributed by atoms with Crippen molar-refractivity contribution in [2.45, 2.75) is 32.5 Å². The van der Waals surface area contributed by atoms with Crippen LogP contribution in [0.2, 0.25) is 0 Å². The molecular formula is C33H35N3O5. The van der Waals surface area contributed by atoms with Gasteiger partial charge in [-0.1, -0.05) is 42.5 Å². The Labute approximate surface area is 240 Å². The number of aryl methyl sites for hydroxylation is 1. The minimum atomic E-state index is -0.979. The monoisotopic (exact) mass is 553 g/mol. The highest BCUT2D eigenvalue weighted by Gasteiger charge is 2.27. The quantitative estimate of drug-likeness (QED) is 0.344. The molecule has 5 rings (SSSR count). The predicted molar refractivity (Wildman–Crippen MR) is 158 cm³/mol. The molecule has 1 atom stereocenters. The molecular weight excluding hydrogens is 518 g/mol. The van der Waals surface area contributed by atoms with Gasteiger partial charge < -0.3 is 29.3 Å². The maximum absolute atomic E-state index is 14.0. The van der Waals surface area contributed by atoms with Crippen molar-refractivity contribution in [2.75, 3.05) is 32.2 Å². The topological polar surface area (TPSA) is 95.2 Å². The number of para-hydroxylation sites is 2. The van der Waals surface area contributed by atoms with E-state index in [-0.39, 0.29) is 24.8 Å². The van der Waals surface area contributed by atoms with Gasteiger partial charge in [-0.05, 0) is 60.0 Å². The lowest BCUT2D eigenvalue weighted by Crippen LogP contribution is -2.37. The molecule has 0 saturated carbocycles. The van der Waals surface area contributed by atoms with Crippen LogP contribution < -0.4 is 9.64 Å². The number of ether oxygens (including phenoxy) is 1. The summed E-state index contributed by atoms with van der Waals surface area (Å²) < 4.78 is 7.65. The van der Waals surface area contributed by atoms with E-state index in [1.165, 1.54) is 4.90 Å². The van der Waals surface area contributed by atoms with Gasteiger partial charge in [-0.25, -0.2) is 0 Å². The summed E-state index contributed by atoms with van der Waals surface area (Å²) in [6, 6.07) is 25.4. The van der Waals surface area contributed by atoms with Gasteiger partial charge in [0.25, 0.3) is 5.91 Å². The number of anilines is 1. The van der Waals surface area contributed by atoms with Crippen molar-refractivity contribution in [3.8, 4) is 16.9 Å². The zero-order valence-electron chi connectivity index (χ0n) is 23.6. The second-order valence-electron chi connectivity index (χ2n) is 10.4. The molecule has 0 bridgehead atoms. The summed E-state index contributed by atoms with van der Waals surface area (Å²) in [4.78, 5) is 30.2. The van der Waals surface area contributed by atoms with E-state index in [9.17, 15) is 14.7 Å². The Kier molecular flexibility index (Phi) is 8.23. The Morgan fingerprint density at radius 3 is 2.49 bits per heavy atom. The third-order valence-electron chi connectivity index (χ3n) is 7.66. The van der Waals surface area contributed by atoms with Crippen LogP contribution in [0, 0.1) is 6.92 Å². The number of carbonyl (C=O) groups is 2. The Morgan fingerprint density at radius 1 is 0.976 bits per heavy atom. The van der Waals surface area contributed by atoms with E-state index >= 15 is 0 Å². The highest BCUT2D eigenvalue weighted by Crippen LogP contribution is 2.34. The fourth-order valence-corrected chi connectivity index (χ4v) is 5.45. The smallest absolute Gasteiger partial charge is 0.258 e. The van der Waals surface area contributed by atoms with E-state index in [0.29, 0.717) is 18.7 Å². The molecule has 0 saturated heterocycles. The average molecular weight is 554 g/mol. The number of aromatic nitrogens is 1. The predicted octanol–water partition coefficient (Wildman–Crippen LogP) is 4.03. The average Bonchev–Trinajstić information content (AvgIpc) is 3.26. The number of benzene rings is 3. The maximum Gasteiger partial charge on any atom is 0.258 e. The molecule has 1 aliphatic heterocycles. The van der Waals surface area contributed by atoms with Crippen LogP contribution in [-0.4, -0.2) is 64.9 Å². The Balaban J connectivity index is 1.44. The van der Waals surface area contributed by atoms with Gasteiger partial charge in [0.1, 0.15) is 5.75 Å². The van der Waals surface area contributed by atoms with Gasteiger partial charge in [0.2, 0.25) is 5.91 Å². The van der Waals surface area contributed by atoms with E-state index < -0.39 is 12.7 Å². The number of aliphatic hydroxyl groups is 2. The summed E-state index contributed by atoms with van der Waals surface area (Å²) in [7, 11) is 3.27. The molecule has 2 heterocycles. The third-order valence-corrected chi connectivity index (χ3v) is 7.66. The molecule has 2 N–H and O–H groups in total. The van der Waals surface area contributed by atoms with Crippen molar-refractivity contribution in [3.63, 3.8) is 0 Å². The first-order valence-corrected chi connectivity index (χ1v) is 13.6. The second kappa shape index (κ2) is 12.0. The minimum Gasteiger partial charge on any atom is -0.496 e. The third kappa shape index (κ3) is 5.75. The number of likely N-dealkylation sites (N-methyl/N-ethyl adjacent to an activating group) is 1. The first kappa shape index (κ1) is 28.1. The van der Waals surface area contributed by atoms with Crippen LogP contribution in [-0.2, 0) is 24.3 Å². The van der Waals surface area contributed by atoms with E-state index in [4.69, 9.17) is 9.84 Å². The van der Waals surface area contributed by atoms with Crippen molar-refractivity contribution in [1.29, 1.82) is 0 Å². The lowest BCUT2D eigenvalue weighted by atomic mass is 9.97. The zero-order valence-corrected chi connectivity index (χ0v) is 23.6. The van der Waals surface area contributed by atoms with Gasteiger partial charge in [0.15, 0.2) is 0 Å². The molecule has 1 aliphatic rings. The van der Waals surface area contributed by atoms with Gasteiger partial charge in [0, 0.05) is 48.3 Å².